The van der Waals surface area contributed by atoms with Gasteiger partial charge in [-0.15, -0.1) is 0 Å². The SMILES string of the molecule is CCOC(=O)c1cc2cc(C(=O)Nc3ccc(Cc4ccncc4)cc3)ccc2[nH]1. The Labute approximate surface area is 173 Å². The molecular formula is C24H21N3O3. The molecule has 0 aliphatic rings. The molecule has 1 amide bonds. The first-order valence-corrected chi connectivity index (χ1v) is 9.71. The molecule has 30 heavy (non-hydrogen) atoms. The quantitative estimate of drug-likeness (QED) is 0.465. The number of aromatic amines is 1. The van der Waals surface area contributed by atoms with Crippen molar-refractivity contribution >= 4 is 28.5 Å². The normalized spacial score (nSPS) is 10.7. The second-order valence-electron chi connectivity index (χ2n) is 6.89. The zero-order valence-corrected chi connectivity index (χ0v) is 16.5. The first-order chi connectivity index (χ1) is 14.6. The summed E-state index contributed by atoms with van der Waals surface area (Å²) in [6, 6.07) is 18.7. The molecule has 0 spiro atoms. The summed E-state index contributed by atoms with van der Waals surface area (Å²) >= 11 is 0. The number of carbonyl (C=O) groups is 2. The van der Waals surface area contributed by atoms with E-state index in [2.05, 4.69) is 15.3 Å². The molecule has 6 nitrogen and oxygen atoms in total. The Morgan fingerprint density at radius 3 is 2.43 bits per heavy atom. The Morgan fingerprint density at radius 2 is 1.70 bits per heavy atom. The van der Waals surface area contributed by atoms with Crippen LogP contribution in [0.3, 0.4) is 0 Å². The molecule has 2 heterocycles. The van der Waals surface area contributed by atoms with E-state index < -0.39 is 5.97 Å². The van der Waals surface area contributed by atoms with Crippen molar-refractivity contribution in [2.24, 2.45) is 0 Å². The van der Waals surface area contributed by atoms with Crippen molar-refractivity contribution in [2.75, 3.05) is 11.9 Å². The first-order valence-electron chi connectivity index (χ1n) is 9.71. The van der Waals surface area contributed by atoms with Gasteiger partial charge in [0, 0.05) is 34.5 Å². The summed E-state index contributed by atoms with van der Waals surface area (Å²) in [7, 11) is 0. The average molecular weight is 399 g/mol. The highest BCUT2D eigenvalue weighted by atomic mass is 16.5. The molecule has 0 unspecified atom stereocenters. The number of nitrogens with one attached hydrogen (secondary N) is 2. The number of pyridine rings is 1. The number of H-pyrrole nitrogens is 1. The van der Waals surface area contributed by atoms with E-state index in [1.54, 1.807) is 43.6 Å². The van der Waals surface area contributed by atoms with Crippen LogP contribution in [0.15, 0.2) is 73.1 Å². The fourth-order valence-electron chi connectivity index (χ4n) is 3.24. The zero-order valence-electron chi connectivity index (χ0n) is 16.5. The Morgan fingerprint density at radius 1 is 0.967 bits per heavy atom. The Hall–Kier alpha value is -3.93. The van der Waals surface area contributed by atoms with Crippen LogP contribution in [0.1, 0.15) is 38.9 Å². The zero-order chi connectivity index (χ0) is 20.9. The van der Waals surface area contributed by atoms with Crippen LogP contribution in [0.2, 0.25) is 0 Å². The third-order valence-electron chi connectivity index (χ3n) is 4.75. The predicted octanol–water partition coefficient (Wildman–Crippen LogP) is 4.58. The summed E-state index contributed by atoms with van der Waals surface area (Å²) in [5.41, 5.74) is 4.71. The molecule has 2 aromatic carbocycles. The first kappa shape index (κ1) is 19.4. The summed E-state index contributed by atoms with van der Waals surface area (Å²) in [6.07, 6.45) is 4.37. The molecular weight excluding hydrogens is 378 g/mol. The molecule has 4 rings (SSSR count). The van der Waals surface area contributed by atoms with Gasteiger partial charge in [0.2, 0.25) is 0 Å². The number of anilines is 1. The highest BCUT2D eigenvalue weighted by molar-refractivity contribution is 6.07. The fourth-order valence-corrected chi connectivity index (χ4v) is 3.24. The van der Waals surface area contributed by atoms with E-state index in [1.807, 2.05) is 36.4 Å². The van der Waals surface area contributed by atoms with Crippen LogP contribution in [0, 0.1) is 0 Å². The summed E-state index contributed by atoms with van der Waals surface area (Å²) in [6.45, 7) is 2.07. The number of ether oxygens (including phenoxy) is 1. The third kappa shape index (κ3) is 4.38. The molecule has 6 heteroatoms. The number of carbonyl (C=O) groups excluding carboxylic acids is 2. The molecule has 0 fully saturated rings. The summed E-state index contributed by atoms with van der Waals surface area (Å²) in [5.74, 6) is -0.621. The minimum Gasteiger partial charge on any atom is -0.461 e. The van der Waals surface area contributed by atoms with Gasteiger partial charge < -0.3 is 15.0 Å². The fraction of sp³-hybridized carbons (Fsp3) is 0.125. The van der Waals surface area contributed by atoms with Gasteiger partial charge in [-0.2, -0.15) is 0 Å². The van der Waals surface area contributed by atoms with Crippen molar-refractivity contribution < 1.29 is 14.3 Å². The number of nitrogens with zero attached hydrogens (tertiary/aromatic N) is 1. The molecule has 4 aromatic rings. The lowest BCUT2D eigenvalue weighted by Crippen LogP contribution is -2.11. The minimum absolute atomic E-state index is 0.210. The number of benzene rings is 2. The Bertz CT molecular complexity index is 1180. The lowest BCUT2D eigenvalue weighted by molar-refractivity contribution is 0.0520. The number of aromatic nitrogens is 2. The minimum atomic E-state index is -0.411. The van der Waals surface area contributed by atoms with Crippen LogP contribution < -0.4 is 5.32 Å². The molecule has 0 saturated carbocycles. The van der Waals surface area contributed by atoms with Gasteiger partial charge in [-0.1, -0.05) is 12.1 Å². The maximum Gasteiger partial charge on any atom is 0.354 e. The number of rotatable bonds is 6. The van der Waals surface area contributed by atoms with Crippen LogP contribution in [0.4, 0.5) is 5.69 Å². The number of hydrogen-bond donors (Lipinski definition) is 2. The topological polar surface area (TPSA) is 84.1 Å². The molecule has 2 aromatic heterocycles. The van der Waals surface area contributed by atoms with E-state index in [9.17, 15) is 9.59 Å². The van der Waals surface area contributed by atoms with E-state index in [0.717, 1.165) is 28.6 Å². The summed E-state index contributed by atoms with van der Waals surface area (Å²) in [5, 5.41) is 3.69. The van der Waals surface area contributed by atoms with E-state index >= 15 is 0 Å². The molecule has 0 saturated heterocycles. The Kier molecular flexibility index (Phi) is 5.57. The second kappa shape index (κ2) is 8.61. The lowest BCUT2D eigenvalue weighted by atomic mass is 10.1. The standard InChI is InChI=1S/C24H21N3O3/c1-2-30-24(29)22-15-19-14-18(5-8-21(19)27-22)23(28)26-20-6-3-16(4-7-20)13-17-9-11-25-12-10-17/h3-12,14-15,27H,2,13H2,1H3,(H,26,28). The average Bonchev–Trinajstić information content (AvgIpc) is 3.20. The molecule has 0 aliphatic heterocycles. The van der Waals surface area contributed by atoms with E-state index in [-0.39, 0.29) is 5.91 Å². The predicted molar refractivity (Wildman–Crippen MR) is 116 cm³/mol. The summed E-state index contributed by atoms with van der Waals surface area (Å²) < 4.78 is 5.01. The molecule has 0 aliphatic carbocycles. The Balaban J connectivity index is 1.45. The van der Waals surface area contributed by atoms with Gasteiger partial charge in [-0.05, 0) is 73.0 Å². The van der Waals surface area contributed by atoms with Crippen LogP contribution in [0.5, 0.6) is 0 Å². The van der Waals surface area contributed by atoms with Crippen molar-refractivity contribution in [1.29, 1.82) is 0 Å². The molecule has 0 atom stereocenters. The van der Waals surface area contributed by atoms with Gasteiger partial charge in [-0.25, -0.2) is 4.79 Å². The molecule has 0 radical (unpaired) electrons. The van der Waals surface area contributed by atoms with Crippen LogP contribution in [-0.4, -0.2) is 28.5 Å². The highest BCUT2D eigenvalue weighted by Gasteiger charge is 2.13. The maximum atomic E-state index is 12.7. The largest absolute Gasteiger partial charge is 0.461 e. The van der Waals surface area contributed by atoms with Gasteiger partial charge >= 0.3 is 5.97 Å². The van der Waals surface area contributed by atoms with Crippen LogP contribution >= 0.6 is 0 Å². The van der Waals surface area contributed by atoms with Gasteiger partial charge in [0.25, 0.3) is 5.91 Å². The smallest absolute Gasteiger partial charge is 0.354 e. The van der Waals surface area contributed by atoms with Crippen LogP contribution in [-0.2, 0) is 11.2 Å². The van der Waals surface area contributed by atoms with E-state index in [4.69, 9.17) is 4.74 Å². The molecule has 0 bridgehead atoms. The van der Waals surface area contributed by atoms with Crippen molar-refractivity contribution in [1.82, 2.24) is 9.97 Å². The number of esters is 1. The number of hydrogen-bond acceptors (Lipinski definition) is 4. The lowest BCUT2D eigenvalue weighted by Gasteiger charge is -2.07. The summed E-state index contributed by atoms with van der Waals surface area (Å²) in [4.78, 5) is 31.6. The molecule has 150 valence electrons. The van der Waals surface area contributed by atoms with Gasteiger partial charge in [0.05, 0.1) is 6.61 Å². The third-order valence-corrected chi connectivity index (χ3v) is 4.75. The van der Waals surface area contributed by atoms with E-state index in [0.29, 0.717) is 17.9 Å². The van der Waals surface area contributed by atoms with Crippen molar-refractivity contribution in [2.45, 2.75) is 13.3 Å². The van der Waals surface area contributed by atoms with Crippen molar-refractivity contribution in [3.8, 4) is 0 Å². The molecule has 2 N–H and O–H groups in total. The van der Waals surface area contributed by atoms with Gasteiger partial charge in [0.15, 0.2) is 0 Å². The second-order valence-corrected chi connectivity index (χ2v) is 6.89. The van der Waals surface area contributed by atoms with E-state index in [1.165, 1.54) is 5.56 Å². The maximum absolute atomic E-state index is 12.7. The number of amides is 1. The van der Waals surface area contributed by atoms with Gasteiger partial charge in [-0.3, -0.25) is 9.78 Å². The van der Waals surface area contributed by atoms with Gasteiger partial charge in [0.1, 0.15) is 5.69 Å². The van der Waals surface area contributed by atoms with Crippen LogP contribution in [0.25, 0.3) is 10.9 Å². The highest BCUT2D eigenvalue weighted by Crippen LogP contribution is 2.20. The number of fused-ring (bicyclic) bond motifs is 1. The van der Waals surface area contributed by atoms with Crippen molar-refractivity contribution in [3.05, 3.63) is 95.4 Å². The van der Waals surface area contributed by atoms with Crippen molar-refractivity contribution in [3.63, 3.8) is 0 Å². The monoisotopic (exact) mass is 399 g/mol.